The normalized spacial score (nSPS) is 11.4. The topological polar surface area (TPSA) is 114 Å². The number of sulfonamides is 1. The molecule has 34 heavy (non-hydrogen) atoms. The summed E-state index contributed by atoms with van der Waals surface area (Å²) in [5.41, 5.74) is 3.94. The lowest BCUT2D eigenvalue weighted by Gasteiger charge is -2.07. The number of hydrogen-bond acceptors (Lipinski definition) is 6. The van der Waals surface area contributed by atoms with Crippen molar-refractivity contribution in [1.29, 1.82) is 0 Å². The molecule has 0 unspecified atom stereocenters. The molecule has 0 bridgehead atoms. The summed E-state index contributed by atoms with van der Waals surface area (Å²) in [7, 11) is -3.81. The molecular weight excluding hydrogens is 501 g/mol. The molecule has 0 spiro atoms. The Hall–Kier alpha value is -3.24. The van der Waals surface area contributed by atoms with E-state index in [1.165, 1.54) is 36.5 Å². The van der Waals surface area contributed by atoms with Crippen molar-refractivity contribution >= 4 is 51.3 Å². The third-order valence-corrected chi connectivity index (χ3v) is 6.36. The van der Waals surface area contributed by atoms with E-state index in [0.717, 1.165) is 5.56 Å². The zero-order valence-electron chi connectivity index (χ0n) is 17.8. The molecule has 2 N–H and O–H groups in total. The summed E-state index contributed by atoms with van der Waals surface area (Å²) in [6.45, 7) is 1.36. The van der Waals surface area contributed by atoms with Gasteiger partial charge >= 0.3 is 5.97 Å². The van der Waals surface area contributed by atoms with Crippen molar-refractivity contribution in [2.75, 3.05) is 6.54 Å². The number of aryl methyl sites for hydroxylation is 1. The number of rotatable bonds is 8. The van der Waals surface area contributed by atoms with Crippen molar-refractivity contribution in [3.8, 4) is 5.75 Å². The Labute approximate surface area is 206 Å². The average Bonchev–Trinajstić information content (AvgIpc) is 2.79. The first kappa shape index (κ1) is 25.4. The Morgan fingerprint density at radius 3 is 2.32 bits per heavy atom. The third kappa shape index (κ3) is 7.13. The van der Waals surface area contributed by atoms with Crippen LogP contribution in [0.15, 0.2) is 76.7 Å². The van der Waals surface area contributed by atoms with E-state index in [0.29, 0.717) is 10.6 Å². The third-order valence-electron chi connectivity index (χ3n) is 4.40. The van der Waals surface area contributed by atoms with Crippen molar-refractivity contribution in [3.05, 3.63) is 93.5 Å². The molecule has 1 amide bonds. The molecule has 11 heteroatoms. The summed E-state index contributed by atoms with van der Waals surface area (Å²) in [5.74, 6) is -0.997. The van der Waals surface area contributed by atoms with Crippen LogP contribution in [0.4, 0.5) is 0 Å². The lowest BCUT2D eigenvalue weighted by Crippen LogP contribution is -2.34. The summed E-state index contributed by atoms with van der Waals surface area (Å²) in [4.78, 5) is 24.2. The lowest BCUT2D eigenvalue weighted by molar-refractivity contribution is -0.119. The van der Waals surface area contributed by atoms with Gasteiger partial charge in [-0.3, -0.25) is 4.79 Å². The molecule has 0 heterocycles. The number of carbonyl (C=O) groups excluding carboxylic acids is 2. The Balaban J connectivity index is 1.49. The van der Waals surface area contributed by atoms with Gasteiger partial charge in [-0.05, 0) is 67.1 Å². The number of benzene rings is 3. The molecule has 0 radical (unpaired) electrons. The van der Waals surface area contributed by atoms with Crippen LogP contribution in [0.5, 0.6) is 5.75 Å². The maximum Gasteiger partial charge on any atom is 0.345 e. The van der Waals surface area contributed by atoms with Gasteiger partial charge in [-0.15, -0.1) is 0 Å². The highest BCUT2D eigenvalue weighted by atomic mass is 35.5. The molecule has 0 saturated carbocycles. The second-order valence-corrected chi connectivity index (χ2v) is 9.62. The van der Waals surface area contributed by atoms with Crippen LogP contribution in [0.1, 0.15) is 21.5 Å². The smallest absolute Gasteiger partial charge is 0.345 e. The molecule has 0 aliphatic heterocycles. The van der Waals surface area contributed by atoms with Crippen molar-refractivity contribution in [2.24, 2.45) is 5.10 Å². The van der Waals surface area contributed by atoms with E-state index < -0.39 is 28.4 Å². The predicted molar refractivity (Wildman–Crippen MR) is 130 cm³/mol. The van der Waals surface area contributed by atoms with Gasteiger partial charge in [-0.2, -0.15) is 5.10 Å². The van der Waals surface area contributed by atoms with Crippen LogP contribution in [0.25, 0.3) is 0 Å². The van der Waals surface area contributed by atoms with Gasteiger partial charge in [-0.25, -0.2) is 23.4 Å². The molecule has 0 aliphatic carbocycles. The van der Waals surface area contributed by atoms with Gasteiger partial charge in [0.05, 0.1) is 28.2 Å². The quantitative estimate of drug-likeness (QED) is 0.202. The Morgan fingerprint density at radius 2 is 1.68 bits per heavy atom. The van der Waals surface area contributed by atoms with E-state index in [2.05, 4.69) is 15.2 Å². The van der Waals surface area contributed by atoms with Gasteiger partial charge in [0.1, 0.15) is 5.75 Å². The largest absolute Gasteiger partial charge is 0.423 e. The van der Waals surface area contributed by atoms with Gasteiger partial charge in [0.25, 0.3) is 5.91 Å². The van der Waals surface area contributed by atoms with Crippen molar-refractivity contribution in [3.63, 3.8) is 0 Å². The number of ether oxygens (including phenoxy) is 1. The fourth-order valence-electron chi connectivity index (χ4n) is 2.62. The second-order valence-electron chi connectivity index (χ2n) is 7.01. The number of amides is 1. The van der Waals surface area contributed by atoms with Crippen molar-refractivity contribution < 1.29 is 22.7 Å². The van der Waals surface area contributed by atoms with Crippen LogP contribution >= 0.6 is 23.2 Å². The Morgan fingerprint density at radius 1 is 1.00 bits per heavy atom. The molecule has 8 nitrogen and oxygen atoms in total. The number of halogens is 2. The molecule has 3 rings (SSSR count). The first-order valence-electron chi connectivity index (χ1n) is 9.79. The molecule has 0 aromatic heterocycles. The van der Waals surface area contributed by atoms with Crippen LogP contribution in [-0.4, -0.2) is 33.1 Å². The van der Waals surface area contributed by atoms with Crippen LogP contribution in [0.3, 0.4) is 0 Å². The molecular formula is C23H19Cl2N3O5S. The monoisotopic (exact) mass is 519 g/mol. The van der Waals surface area contributed by atoms with Gasteiger partial charge in [0.2, 0.25) is 10.0 Å². The second kappa shape index (κ2) is 11.3. The highest BCUT2D eigenvalue weighted by molar-refractivity contribution is 7.89. The van der Waals surface area contributed by atoms with Crippen molar-refractivity contribution in [2.45, 2.75) is 11.8 Å². The van der Waals surface area contributed by atoms with Gasteiger partial charge < -0.3 is 4.74 Å². The summed E-state index contributed by atoms with van der Waals surface area (Å²) >= 11 is 11.8. The first-order valence-corrected chi connectivity index (χ1v) is 12.0. The first-order chi connectivity index (χ1) is 16.1. The maximum absolute atomic E-state index is 12.2. The zero-order valence-corrected chi connectivity index (χ0v) is 20.1. The summed E-state index contributed by atoms with van der Waals surface area (Å²) in [6.07, 6.45) is 1.36. The van der Waals surface area contributed by atoms with E-state index >= 15 is 0 Å². The molecule has 3 aromatic carbocycles. The predicted octanol–water partition coefficient (Wildman–Crippen LogP) is 3.95. The number of hydrogen-bond donors (Lipinski definition) is 2. The summed E-state index contributed by atoms with van der Waals surface area (Å²) in [5, 5.41) is 4.37. The fraction of sp³-hybridized carbons (Fsp3) is 0.0870. The number of hydrazone groups is 1. The number of nitrogens with zero attached hydrogens (tertiary/aromatic N) is 1. The summed E-state index contributed by atoms with van der Waals surface area (Å²) in [6, 6.07) is 17.0. The molecule has 0 saturated heterocycles. The molecule has 0 fully saturated rings. The standard InChI is InChI=1S/C23H19Cl2N3O5S/c1-15-2-9-19(10-3-15)34(31,32)27-14-22(29)28-26-13-16-4-7-18(8-5-16)33-23(30)20-11-6-17(24)12-21(20)25/h2-13,27H,14H2,1H3,(H,28,29)/b26-13+. The SMILES string of the molecule is Cc1ccc(S(=O)(=O)NCC(=O)N/N=C/c2ccc(OC(=O)c3ccc(Cl)cc3Cl)cc2)cc1. The average molecular weight is 520 g/mol. The number of esters is 1. The van der Waals surface area contributed by atoms with Crippen LogP contribution in [0.2, 0.25) is 10.0 Å². The minimum atomic E-state index is -3.81. The van der Waals surface area contributed by atoms with E-state index in [9.17, 15) is 18.0 Å². The number of nitrogens with one attached hydrogen (secondary N) is 2. The lowest BCUT2D eigenvalue weighted by atomic mass is 10.2. The Kier molecular flexibility index (Phi) is 8.41. The number of carbonyl (C=O) groups is 2. The molecule has 0 atom stereocenters. The van der Waals surface area contributed by atoms with Gasteiger partial charge in [0, 0.05) is 5.02 Å². The minimum Gasteiger partial charge on any atom is -0.423 e. The van der Waals surface area contributed by atoms with Crippen LogP contribution < -0.4 is 14.9 Å². The van der Waals surface area contributed by atoms with Gasteiger partial charge in [-0.1, -0.05) is 40.9 Å². The Bertz CT molecular complexity index is 1330. The maximum atomic E-state index is 12.2. The highest BCUT2D eigenvalue weighted by Crippen LogP contribution is 2.23. The summed E-state index contributed by atoms with van der Waals surface area (Å²) < 4.78 is 31.9. The van der Waals surface area contributed by atoms with Crippen LogP contribution in [-0.2, 0) is 14.8 Å². The van der Waals surface area contributed by atoms with Crippen LogP contribution in [0, 0.1) is 6.92 Å². The van der Waals surface area contributed by atoms with E-state index in [1.54, 1.807) is 36.4 Å². The molecule has 176 valence electrons. The molecule has 0 aliphatic rings. The fourth-order valence-corrected chi connectivity index (χ4v) is 4.09. The highest BCUT2D eigenvalue weighted by Gasteiger charge is 2.15. The molecule has 3 aromatic rings. The zero-order chi connectivity index (χ0) is 24.7. The van der Waals surface area contributed by atoms with E-state index in [4.69, 9.17) is 27.9 Å². The minimum absolute atomic E-state index is 0.0634. The van der Waals surface area contributed by atoms with Crippen molar-refractivity contribution in [1.82, 2.24) is 10.1 Å². The van der Waals surface area contributed by atoms with E-state index in [-0.39, 0.29) is 21.2 Å². The van der Waals surface area contributed by atoms with E-state index in [1.807, 2.05) is 6.92 Å². The van der Waals surface area contributed by atoms with Gasteiger partial charge in [0.15, 0.2) is 0 Å².